The Morgan fingerprint density at radius 3 is 2.94 bits per heavy atom. The molecule has 0 unspecified atom stereocenters. The number of fused-ring (bicyclic) bond motifs is 1. The number of hydrogen-bond acceptors (Lipinski definition) is 5. The van der Waals surface area contributed by atoms with E-state index in [4.69, 9.17) is 10.9 Å². The van der Waals surface area contributed by atoms with Crippen LogP contribution in [0.1, 0.15) is 10.4 Å². The molecule has 1 heterocycles. The van der Waals surface area contributed by atoms with Crippen molar-refractivity contribution in [3.05, 3.63) is 36.2 Å². The van der Waals surface area contributed by atoms with E-state index in [2.05, 4.69) is 20.4 Å². The third-order valence-electron chi connectivity index (χ3n) is 2.30. The Labute approximate surface area is 102 Å². The van der Waals surface area contributed by atoms with Crippen molar-refractivity contribution < 1.29 is 10.0 Å². The highest BCUT2D eigenvalue weighted by atomic mass is 16.4. The molecule has 92 valence electrons. The molecule has 0 aliphatic carbocycles. The van der Waals surface area contributed by atoms with Crippen LogP contribution in [0.4, 0.5) is 0 Å². The molecular formula is C11H11N5O2. The molecule has 7 nitrogen and oxygen atoms in total. The maximum atomic E-state index is 11.9. The molecule has 2 rings (SSSR count). The van der Waals surface area contributed by atoms with Gasteiger partial charge in [-0.2, -0.15) is 0 Å². The number of amidine groups is 1. The summed E-state index contributed by atoms with van der Waals surface area (Å²) in [6.07, 6.45) is 3.07. The van der Waals surface area contributed by atoms with E-state index in [1.54, 1.807) is 24.4 Å². The van der Waals surface area contributed by atoms with E-state index in [0.29, 0.717) is 16.6 Å². The van der Waals surface area contributed by atoms with Gasteiger partial charge in [0.15, 0.2) is 5.84 Å². The van der Waals surface area contributed by atoms with Crippen molar-refractivity contribution in [1.82, 2.24) is 15.3 Å². The molecule has 1 aromatic carbocycles. The number of aromatic nitrogens is 2. The van der Waals surface area contributed by atoms with Crippen LogP contribution in [0.2, 0.25) is 0 Å². The quantitative estimate of drug-likeness (QED) is 0.307. The first-order valence-corrected chi connectivity index (χ1v) is 5.16. The summed E-state index contributed by atoms with van der Waals surface area (Å²) in [7, 11) is 0. The standard InChI is InChI=1S/C11H11N5O2/c12-9(16-18)6-15-11(17)7-2-1-3-8-10(7)14-5-4-13-8/h1-5,18H,6H2,(H2,12,16)(H,15,17). The first-order chi connectivity index (χ1) is 8.72. The number of hydrogen-bond donors (Lipinski definition) is 3. The predicted octanol–water partition coefficient (Wildman–Crippen LogP) is 0.106. The SMILES string of the molecule is N/C(CNC(=O)c1cccc2nccnc12)=N/O. The van der Waals surface area contributed by atoms with Gasteiger partial charge >= 0.3 is 0 Å². The van der Waals surface area contributed by atoms with Crippen molar-refractivity contribution in [2.75, 3.05) is 6.54 Å². The number of rotatable bonds is 3. The number of amides is 1. The lowest BCUT2D eigenvalue weighted by molar-refractivity contribution is 0.0960. The number of nitrogens with one attached hydrogen (secondary N) is 1. The zero-order valence-electron chi connectivity index (χ0n) is 9.37. The summed E-state index contributed by atoms with van der Waals surface area (Å²) >= 11 is 0. The number of oxime groups is 1. The van der Waals surface area contributed by atoms with Crippen LogP contribution >= 0.6 is 0 Å². The van der Waals surface area contributed by atoms with Crippen molar-refractivity contribution in [3.63, 3.8) is 0 Å². The third kappa shape index (κ3) is 2.34. The molecule has 0 aliphatic rings. The predicted molar refractivity (Wildman–Crippen MR) is 65.3 cm³/mol. The van der Waals surface area contributed by atoms with E-state index in [9.17, 15) is 4.79 Å². The fourth-order valence-electron chi connectivity index (χ4n) is 1.48. The summed E-state index contributed by atoms with van der Waals surface area (Å²) in [5.74, 6) is -0.428. The average Bonchev–Trinajstić information content (AvgIpc) is 2.43. The third-order valence-corrected chi connectivity index (χ3v) is 2.30. The molecule has 0 saturated heterocycles. The molecule has 0 aliphatic heterocycles. The van der Waals surface area contributed by atoms with Crippen molar-refractivity contribution in [2.24, 2.45) is 10.9 Å². The first kappa shape index (κ1) is 11.8. The molecule has 18 heavy (non-hydrogen) atoms. The number of carbonyl (C=O) groups is 1. The topological polar surface area (TPSA) is 113 Å². The highest BCUT2D eigenvalue weighted by molar-refractivity contribution is 6.05. The molecule has 0 spiro atoms. The van der Waals surface area contributed by atoms with Crippen molar-refractivity contribution in [3.8, 4) is 0 Å². The number of nitrogens with zero attached hydrogens (tertiary/aromatic N) is 3. The van der Waals surface area contributed by atoms with Crippen LogP contribution in [0.25, 0.3) is 11.0 Å². The minimum Gasteiger partial charge on any atom is -0.409 e. The zero-order valence-corrected chi connectivity index (χ0v) is 9.37. The fourth-order valence-corrected chi connectivity index (χ4v) is 1.48. The van der Waals surface area contributed by atoms with Gasteiger partial charge in [-0.25, -0.2) is 0 Å². The smallest absolute Gasteiger partial charge is 0.253 e. The molecular weight excluding hydrogens is 234 g/mol. The molecule has 0 fully saturated rings. The molecule has 2 aromatic rings. The Balaban J connectivity index is 2.28. The van der Waals surface area contributed by atoms with Gasteiger partial charge in [-0.15, -0.1) is 0 Å². The summed E-state index contributed by atoms with van der Waals surface area (Å²) in [4.78, 5) is 20.1. The summed E-state index contributed by atoms with van der Waals surface area (Å²) in [5.41, 5.74) is 6.81. The van der Waals surface area contributed by atoms with Gasteiger partial charge in [-0.05, 0) is 12.1 Å². The number of carbonyl (C=O) groups excluding carboxylic acids is 1. The minimum atomic E-state index is -0.354. The van der Waals surface area contributed by atoms with Crippen LogP contribution in [0.15, 0.2) is 35.7 Å². The molecule has 1 aromatic heterocycles. The Morgan fingerprint density at radius 1 is 1.39 bits per heavy atom. The minimum absolute atomic E-state index is 0.0357. The molecule has 1 amide bonds. The number of para-hydroxylation sites is 1. The lowest BCUT2D eigenvalue weighted by atomic mass is 10.1. The van der Waals surface area contributed by atoms with Crippen molar-refractivity contribution in [2.45, 2.75) is 0 Å². The van der Waals surface area contributed by atoms with Gasteiger partial charge < -0.3 is 16.3 Å². The highest BCUT2D eigenvalue weighted by Crippen LogP contribution is 2.13. The largest absolute Gasteiger partial charge is 0.409 e. The van der Waals surface area contributed by atoms with Gasteiger partial charge in [-0.1, -0.05) is 11.2 Å². The summed E-state index contributed by atoms with van der Waals surface area (Å²) in [5, 5.41) is 13.7. The summed E-state index contributed by atoms with van der Waals surface area (Å²) < 4.78 is 0. The second-order valence-electron chi connectivity index (χ2n) is 3.50. The van der Waals surface area contributed by atoms with E-state index in [1.807, 2.05) is 0 Å². The molecule has 0 bridgehead atoms. The van der Waals surface area contributed by atoms with Crippen LogP contribution in [0.5, 0.6) is 0 Å². The van der Waals surface area contributed by atoms with E-state index < -0.39 is 0 Å². The molecule has 0 radical (unpaired) electrons. The van der Waals surface area contributed by atoms with Gasteiger partial charge in [0.25, 0.3) is 5.91 Å². The second-order valence-corrected chi connectivity index (χ2v) is 3.50. The van der Waals surface area contributed by atoms with E-state index in [1.165, 1.54) is 6.20 Å². The summed E-state index contributed by atoms with van der Waals surface area (Å²) in [6, 6.07) is 5.12. The van der Waals surface area contributed by atoms with E-state index >= 15 is 0 Å². The van der Waals surface area contributed by atoms with Gasteiger partial charge in [-0.3, -0.25) is 14.8 Å². The second kappa shape index (κ2) is 5.09. The Kier molecular flexibility index (Phi) is 3.33. The number of nitrogens with two attached hydrogens (primary N) is 1. The lowest BCUT2D eigenvalue weighted by Crippen LogP contribution is -2.33. The lowest BCUT2D eigenvalue weighted by Gasteiger charge is -2.05. The van der Waals surface area contributed by atoms with Crippen molar-refractivity contribution in [1.29, 1.82) is 0 Å². The molecule has 0 atom stereocenters. The van der Waals surface area contributed by atoms with Crippen LogP contribution < -0.4 is 11.1 Å². The monoisotopic (exact) mass is 245 g/mol. The normalized spacial score (nSPS) is 11.4. The maximum Gasteiger partial charge on any atom is 0.253 e. The van der Waals surface area contributed by atoms with Gasteiger partial charge in [0.2, 0.25) is 0 Å². The van der Waals surface area contributed by atoms with Gasteiger partial charge in [0, 0.05) is 12.4 Å². The van der Waals surface area contributed by atoms with Gasteiger partial charge in [0.1, 0.15) is 5.52 Å². The van der Waals surface area contributed by atoms with Crippen LogP contribution in [-0.2, 0) is 0 Å². The van der Waals surface area contributed by atoms with E-state index in [0.717, 1.165) is 0 Å². The van der Waals surface area contributed by atoms with Crippen molar-refractivity contribution >= 4 is 22.8 Å². The molecule has 7 heteroatoms. The first-order valence-electron chi connectivity index (χ1n) is 5.16. The van der Waals surface area contributed by atoms with Crippen LogP contribution in [0, 0.1) is 0 Å². The van der Waals surface area contributed by atoms with Crippen LogP contribution in [0.3, 0.4) is 0 Å². The Morgan fingerprint density at radius 2 is 2.17 bits per heavy atom. The zero-order chi connectivity index (χ0) is 13.0. The fraction of sp³-hybridized carbons (Fsp3) is 0.0909. The van der Waals surface area contributed by atoms with Crippen LogP contribution in [-0.4, -0.2) is 33.5 Å². The van der Waals surface area contributed by atoms with Gasteiger partial charge in [0.05, 0.1) is 17.6 Å². The Bertz CT molecular complexity index is 606. The highest BCUT2D eigenvalue weighted by Gasteiger charge is 2.11. The molecule has 0 saturated carbocycles. The average molecular weight is 245 g/mol. The molecule has 4 N–H and O–H groups in total. The summed E-state index contributed by atoms with van der Waals surface area (Å²) in [6.45, 7) is -0.0357. The van der Waals surface area contributed by atoms with E-state index in [-0.39, 0.29) is 18.3 Å². The Hall–Kier alpha value is -2.70. The maximum absolute atomic E-state index is 11.9. The number of benzene rings is 1.